The maximum Gasteiger partial charge on any atom is 0.338 e. The van der Waals surface area contributed by atoms with E-state index < -0.39 is 5.97 Å². The van der Waals surface area contributed by atoms with Crippen molar-refractivity contribution >= 4 is 17.7 Å². The summed E-state index contributed by atoms with van der Waals surface area (Å²) in [5.41, 5.74) is 1.09. The summed E-state index contributed by atoms with van der Waals surface area (Å²) in [5.74, 6) is -1.04. The molecule has 1 aromatic carbocycles. The number of carboxylic acid groups (broad SMARTS) is 1. The van der Waals surface area contributed by atoms with Crippen molar-refractivity contribution in [2.24, 2.45) is 0 Å². The Kier molecular flexibility index (Phi) is 2.99. The number of carbonyl (C=O) groups is 2. The van der Waals surface area contributed by atoms with Gasteiger partial charge in [-0.3, -0.25) is 0 Å². The molecule has 0 radical (unpaired) electrons. The Morgan fingerprint density at radius 2 is 2.06 bits per heavy atom. The molecule has 1 aromatic rings. The van der Waals surface area contributed by atoms with Crippen LogP contribution < -0.4 is 10.6 Å². The Morgan fingerprint density at radius 1 is 1.35 bits per heavy atom. The Bertz CT molecular complexity index is 467. The second-order valence-corrected chi connectivity index (χ2v) is 4.18. The van der Waals surface area contributed by atoms with E-state index in [0.29, 0.717) is 11.3 Å². The summed E-state index contributed by atoms with van der Waals surface area (Å²) in [6.45, 7) is 1.70. The van der Waals surface area contributed by atoms with Crippen LogP contribution in [0.3, 0.4) is 0 Å². The number of hydrogen-bond acceptors (Lipinski definition) is 2. The molecule has 1 aliphatic carbocycles. The average Bonchev–Trinajstić information content (AvgIpc) is 3.00. The molecule has 0 aliphatic heterocycles. The zero-order valence-electron chi connectivity index (χ0n) is 9.49. The summed E-state index contributed by atoms with van der Waals surface area (Å²) < 4.78 is 0. The van der Waals surface area contributed by atoms with Gasteiger partial charge in [0.1, 0.15) is 0 Å². The van der Waals surface area contributed by atoms with Crippen molar-refractivity contribution in [1.82, 2.24) is 5.32 Å². The lowest BCUT2D eigenvalue weighted by Gasteiger charge is -2.11. The molecule has 0 bridgehead atoms. The van der Waals surface area contributed by atoms with Gasteiger partial charge in [-0.05, 0) is 31.4 Å². The van der Waals surface area contributed by atoms with Crippen LogP contribution in [0.2, 0.25) is 0 Å². The lowest BCUT2D eigenvalue weighted by Crippen LogP contribution is -2.31. The number of aromatic carboxylic acids is 1. The highest BCUT2D eigenvalue weighted by molar-refractivity contribution is 6.01. The minimum absolute atomic E-state index is 0.137. The van der Waals surface area contributed by atoms with Gasteiger partial charge in [0.25, 0.3) is 0 Å². The SMILES string of the molecule is Cc1cccc(NC(=O)NC2CC2)c1C(=O)O. The Labute approximate surface area is 98.8 Å². The summed E-state index contributed by atoms with van der Waals surface area (Å²) >= 11 is 0. The van der Waals surface area contributed by atoms with Gasteiger partial charge in [0.05, 0.1) is 11.3 Å². The molecule has 90 valence electrons. The van der Waals surface area contributed by atoms with Crippen molar-refractivity contribution in [2.75, 3.05) is 5.32 Å². The molecule has 1 aliphatic rings. The molecule has 5 heteroatoms. The highest BCUT2D eigenvalue weighted by Crippen LogP contribution is 2.21. The summed E-state index contributed by atoms with van der Waals surface area (Å²) in [5, 5.41) is 14.4. The zero-order chi connectivity index (χ0) is 12.4. The van der Waals surface area contributed by atoms with Crippen LogP contribution in [0, 0.1) is 6.92 Å². The second kappa shape index (κ2) is 4.45. The van der Waals surface area contributed by atoms with Crippen LogP contribution in [0.5, 0.6) is 0 Å². The number of nitrogens with one attached hydrogen (secondary N) is 2. The molecule has 3 N–H and O–H groups in total. The molecule has 1 fully saturated rings. The van der Waals surface area contributed by atoms with E-state index in [9.17, 15) is 9.59 Å². The maximum absolute atomic E-state index is 11.5. The van der Waals surface area contributed by atoms with Crippen LogP contribution in [0.1, 0.15) is 28.8 Å². The Hall–Kier alpha value is -2.04. The van der Waals surface area contributed by atoms with Gasteiger partial charge in [0, 0.05) is 6.04 Å². The number of carbonyl (C=O) groups excluding carboxylic acids is 1. The Morgan fingerprint density at radius 3 is 2.65 bits per heavy atom. The third-order valence-electron chi connectivity index (χ3n) is 2.65. The minimum Gasteiger partial charge on any atom is -0.478 e. The van der Waals surface area contributed by atoms with E-state index in [0.717, 1.165) is 12.8 Å². The van der Waals surface area contributed by atoms with E-state index >= 15 is 0 Å². The van der Waals surface area contributed by atoms with Crippen molar-refractivity contribution in [3.63, 3.8) is 0 Å². The highest BCUT2D eigenvalue weighted by Gasteiger charge is 2.24. The van der Waals surface area contributed by atoms with Crippen molar-refractivity contribution in [2.45, 2.75) is 25.8 Å². The highest BCUT2D eigenvalue weighted by atomic mass is 16.4. The summed E-state index contributed by atoms with van der Waals surface area (Å²) in [4.78, 5) is 22.6. The predicted octanol–water partition coefficient (Wildman–Crippen LogP) is 1.98. The van der Waals surface area contributed by atoms with Crippen LogP contribution in [0.15, 0.2) is 18.2 Å². The van der Waals surface area contributed by atoms with E-state index in [1.807, 2.05) is 0 Å². The van der Waals surface area contributed by atoms with E-state index in [-0.39, 0.29) is 17.6 Å². The number of amides is 2. The van der Waals surface area contributed by atoms with E-state index in [2.05, 4.69) is 10.6 Å². The average molecular weight is 234 g/mol. The smallest absolute Gasteiger partial charge is 0.338 e. The first-order valence-electron chi connectivity index (χ1n) is 5.48. The first-order chi connectivity index (χ1) is 8.08. The normalized spacial score (nSPS) is 14.2. The number of urea groups is 1. The van der Waals surface area contributed by atoms with Gasteiger partial charge in [-0.1, -0.05) is 12.1 Å². The Balaban J connectivity index is 2.16. The predicted molar refractivity (Wildman–Crippen MR) is 63.3 cm³/mol. The molecular formula is C12H14N2O3. The van der Waals surface area contributed by atoms with Crippen molar-refractivity contribution in [1.29, 1.82) is 0 Å². The first kappa shape index (κ1) is 11.4. The van der Waals surface area contributed by atoms with Crippen molar-refractivity contribution in [3.05, 3.63) is 29.3 Å². The van der Waals surface area contributed by atoms with Gasteiger partial charge in [0.15, 0.2) is 0 Å². The number of benzene rings is 1. The van der Waals surface area contributed by atoms with E-state index in [1.165, 1.54) is 0 Å². The van der Waals surface area contributed by atoms with Crippen LogP contribution in [0.25, 0.3) is 0 Å². The fraction of sp³-hybridized carbons (Fsp3) is 0.333. The van der Waals surface area contributed by atoms with Crippen LogP contribution in [-0.4, -0.2) is 23.1 Å². The van der Waals surface area contributed by atoms with E-state index in [1.54, 1.807) is 25.1 Å². The zero-order valence-corrected chi connectivity index (χ0v) is 9.49. The largest absolute Gasteiger partial charge is 0.478 e. The number of anilines is 1. The topological polar surface area (TPSA) is 78.4 Å². The van der Waals surface area contributed by atoms with Crippen LogP contribution in [0.4, 0.5) is 10.5 Å². The van der Waals surface area contributed by atoms with Gasteiger partial charge in [0.2, 0.25) is 0 Å². The number of rotatable bonds is 3. The van der Waals surface area contributed by atoms with Crippen molar-refractivity contribution < 1.29 is 14.7 Å². The summed E-state index contributed by atoms with van der Waals surface area (Å²) in [7, 11) is 0. The molecule has 0 spiro atoms. The standard InChI is InChI=1S/C12H14N2O3/c1-7-3-2-4-9(10(7)11(15)16)14-12(17)13-8-5-6-8/h2-4,8H,5-6H2,1H3,(H,15,16)(H2,13,14,17). The lowest BCUT2D eigenvalue weighted by molar-refractivity contribution is 0.0697. The summed E-state index contributed by atoms with van der Waals surface area (Å²) in [6, 6.07) is 4.90. The third-order valence-corrected chi connectivity index (χ3v) is 2.65. The van der Waals surface area contributed by atoms with Gasteiger partial charge < -0.3 is 15.7 Å². The van der Waals surface area contributed by atoms with Gasteiger partial charge in [-0.2, -0.15) is 0 Å². The number of aryl methyl sites for hydroxylation is 1. The summed E-state index contributed by atoms with van der Waals surface area (Å²) in [6.07, 6.45) is 1.99. The van der Waals surface area contributed by atoms with Crippen LogP contribution in [-0.2, 0) is 0 Å². The van der Waals surface area contributed by atoms with E-state index in [4.69, 9.17) is 5.11 Å². The fourth-order valence-corrected chi connectivity index (χ4v) is 1.63. The fourth-order valence-electron chi connectivity index (χ4n) is 1.63. The molecule has 17 heavy (non-hydrogen) atoms. The third kappa shape index (κ3) is 2.75. The first-order valence-corrected chi connectivity index (χ1v) is 5.48. The number of hydrogen-bond donors (Lipinski definition) is 3. The molecular weight excluding hydrogens is 220 g/mol. The molecule has 0 heterocycles. The monoisotopic (exact) mass is 234 g/mol. The van der Waals surface area contributed by atoms with Crippen molar-refractivity contribution in [3.8, 4) is 0 Å². The van der Waals surface area contributed by atoms with Gasteiger partial charge in [-0.25, -0.2) is 9.59 Å². The second-order valence-electron chi connectivity index (χ2n) is 4.18. The molecule has 0 aromatic heterocycles. The minimum atomic E-state index is -1.04. The molecule has 0 unspecified atom stereocenters. The molecule has 1 saturated carbocycles. The maximum atomic E-state index is 11.5. The van der Waals surface area contributed by atoms with Crippen LogP contribution >= 0.6 is 0 Å². The van der Waals surface area contributed by atoms with Gasteiger partial charge in [-0.15, -0.1) is 0 Å². The quantitative estimate of drug-likeness (QED) is 0.748. The molecule has 0 saturated heterocycles. The molecule has 2 amide bonds. The molecule has 2 rings (SSSR count). The molecule has 0 atom stereocenters. The lowest BCUT2D eigenvalue weighted by atomic mass is 10.1. The number of carboxylic acids is 1. The molecule has 5 nitrogen and oxygen atoms in total. The van der Waals surface area contributed by atoms with Gasteiger partial charge >= 0.3 is 12.0 Å².